The Morgan fingerprint density at radius 1 is 1.35 bits per heavy atom. The molecule has 0 unspecified atom stereocenters. The van der Waals surface area contributed by atoms with E-state index in [-0.39, 0.29) is 11.4 Å². The van der Waals surface area contributed by atoms with Gasteiger partial charge in [-0.25, -0.2) is 9.18 Å². The van der Waals surface area contributed by atoms with Crippen LogP contribution >= 0.6 is 23.4 Å². The predicted octanol–water partition coefficient (Wildman–Crippen LogP) is 4.78. The summed E-state index contributed by atoms with van der Waals surface area (Å²) in [5.74, 6) is -0.961. The lowest BCUT2D eigenvalue weighted by Gasteiger charge is -2.07. The van der Waals surface area contributed by atoms with E-state index in [1.807, 2.05) is 6.07 Å². The van der Waals surface area contributed by atoms with Crippen LogP contribution in [0.25, 0.3) is 0 Å². The predicted molar refractivity (Wildman–Crippen MR) is 79.1 cm³/mol. The van der Waals surface area contributed by atoms with E-state index in [0.717, 1.165) is 4.90 Å². The maximum Gasteiger partial charge on any atom is 0.335 e. The quantitative estimate of drug-likeness (QED) is 0.826. The molecular formula is C15H12ClFO2S. The molecule has 0 saturated heterocycles. The summed E-state index contributed by atoms with van der Waals surface area (Å²) in [6, 6.07) is 9.71. The number of hydrogen-bond acceptors (Lipinski definition) is 2. The van der Waals surface area contributed by atoms with Gasteiger partial charge in [-0.05, 0) is 36.8 Å². The SMILES string of the molecule is Cc1ccc(SCc2c(F)cccc2Cl)cc1C(=O)O. The Balaban J connectivity index is 2.19. The number of rotatable bonds is 4. The van der Waals surface area contributed by atoms with Crippen molar-refractivity contribution in [3.8, 4) is 0 Å². The molecule has 1 N–H and O–H groups in total. The summed E-state index contributed by atoms with van der Waals surface area (Å²) in [6.07, 6.45) is 0. The minimum atomic E-state index is -0.964. The number of aromatic carboxylic acids is 1. The molecule has 2 aromatic rings. The second-order valence-corrected chi connectivity index (χ2v) is 5.73. The monoisotopic (exact) mass is 310 g/mol. The van der Waals surface area contributed by atoms with E-state index in [4.69, 9.17) is 16.7 Å². The van der Waals surface area contributed by atoms with Crippen LogP contribution in [0.2, 0.25) is 5.02 Å². The first-order valence-corrected chi connectivity index (χ1v) is 7.25. The van der Waals surface area contributed by atoms with Crippen molar-refractivity contribution in [2.75, 3.05) is 0 Å². The van der Waals surface area contributed by atoms with Crippen LogP contribution in [0, 0.1) is 12.7 Å². The molecular weight excluding hydrogens is 299 g/mol. The Labute approximate surface area is 125 Å². The van der Waals surface area contributed by atoms with Gasteiger partial charge >= 0.3 is 5.97 Å². The van der Waals surface area contributed by atoms with Crippen molar-refractivity contribution in [1.82, 2.24) is 0 Å². The first-order chi connectivity index (χ1) is 9.49. The van der Waals surface area contributed by atoms with Crippen molar-refractivity contribution in [2.24, 2.45) is 0 Å². The van der Waals surface area contributed by atoms with Gasteiger partial charge in [0.2, 0.25) is 0 Å². The molecule has 2 aromatic carbocycles. The number of hydrogen-bond donors (Lipinski definition) is 1. The lowest BCUT2D eigenvalue weighted by molar-refractivity contribution is 0.0696. The summed E-state index contributed by atoms with van der Waals surface area (Å²) in [5.41, 5.74) is 1.39. The molecule has 2 nitrogen and oxygen atoms in total. The zero-order valence-corrected chi connectivity index (χ0v) is 12.3. The Morgan fingerprint density at radius 3 is 2.75 bits per heavy atom. The van der Waals surface area contributed by atoms with E-state index in [2.05, 4.69) is 0 Å². The Kier molecular flexibility index (Phi) is 4.68. The minimum absolute atomic E-state index is 0.259. The summed E-state index contributed by atoms with van der Waals surface area (Å²) in [7, 11) is 0. The third-order valence-corrected chi connectivity index (χ3v) is 4.26. The molecule has 20 heavy (non-hydrogen) atoms. The van der Waals surface area contributed by atoms with Gasteiger partial charge in [-0.3, -0.25) is 0 Å². The minimum Gasteiger partial charge on any atom is -0.478 e. The lowest BCUT2D eigenvalue weighted by atomic mass is 10.1. The zero-order chi connectivity index (χ0) is 14.7. The van der Waals surface area contributed by atoms with E-state index in [9.17, 15) is 9.18 Å². The van der Waals surface area contributed by atoms with Crippen molar-refractivity contribution in [2.45, 2.75) is 17.6 Å². The van der Waals surface area contributed by atoms with E-state index in [0.29, 0.717) is 21.9 Å². The maximum atomic E-state index is 13.6. The van der Waals surface area contributed by atoms with Crippen LogP contribution in [0.5, 0.6) is 0 Å². The molecule has 0 atom stereocenters. The summed E-state index contributed by atoms with van der Waals surface area (Å²) < 4.78 is 13.6. The van der Waals surface area contributed by atoms with Crippen LogP contribution in [0.3, 0.4) is 0 Å². The van der Waals surface area contributed by atoms with Crippen LogP contribution < -0.4 is 0 Å². The van der Waals surface area contributed by atoms with Crippen molar-refractivity contribution < 1.29 is 14.3 Å². The fourth-order valence-electron chi connectivity index (χ4n) is 1.75. The Bertz CT molecular complexity index is 638. The number of carbonyl (C=O) groups is 1. The molecule has 104 valence electrons. The molecule has 2 rings (SSSR count). The van der Waals surface area contributed by atoms with Gasteiger partial charge in [0.05, 0.1) is 5.56 Å². The zero-order valence-electron chi connectivity index (χ0n) is 10.7. The van der Waals surface area contributed by atoms with E-state index in [1.165, 1.54) is 17.8 Å². The average molecular weight is 311 g/mol. The highest BCUT2D eigenvalue weighted by Gasteiger charge is 2.10. The fourth-order valence-corrected chi connectivity index (χ4v) is 3.03. The topological polar surface area (TPSA) is 37.3 Å². The highest BCUT2D eigenvalue weighted by molar-refractivity contribution is 7.98. The average Bonchev–Trinajstić information content (AvgIpc) is 2.39. The first kappa shape index (κ1) is 14.9. The van der Waals surface area contributed by atoms with Crippen molar-refractivity contribution >= 4 is 29.3 Å². The van der Waals surface area contributed by atoms with Crippen LogP contribution in [-0.4, -0.2) is 11.1 Å². The summed E-state index contributed by atoms with van der Waals surface area (Å²) in [6.45, 7) is 1.74. The third-order valence-electron chi connectivity index (χ3n) is 2.88. The van der Waals surface area contributed by atoms with Gasteiger partial charge in [-0.15, -0.1) is 11.8 Å². The van der Waals surface area contributed by atoms with Crippen molar-refractivity contribution in [1.29, 1.82) is 0 Å². The van der Waals surface area contributed by atoms with Gasteiger partial charge < -0.3 is 5.11 Å². The van der Waals surface area contributed by atoms with Gasteiger partial charge in [-0.1, -0.05) is 23.7 Å². The first-order valence-electron chi connectivity index (χ1n) is 5.88. The molecule has 0 spiro atoms. The molecule has 0 amide bonds. The van der Waals surface area contributed by atoms with Crippen molar-refractivity contribution in [3.05, 3.63) is 63.9 Å². The van der Waals surface area contributed by atoms with Gasteiger partial charge in [-0.2, -0.15) is 0 Å². The number of halogens is 2. The molecule has 0 radical (unpaired) electrons. The smallest absolute Gasteiger partial charge is 0.335 e. The number of benzene rings is 2. The van der Waals surface area contributed by atoms with E-state index >= 15 is 0 Å². The Hall–Kier alpha value is -1.52. The second-order valence-electron chi connectivity index (χ2n) is 4.27. The molecule has 0 aliphatic heterocycles. The number of aryl methyl sites for hydroxylation is 1. The summed E-state index contributed by atoms with van der Waals surface area (Å²) >= 11 is 7.31. The molecule has 0 fully saturated rings. The molecule has 0 saturated carbocycles. The second kappa shape index (κ2) is 6.29. The fraction of sp³-hybridized carbons (Fsp3) is 0.133. The molecule has 0 aliphatic rings. The molecule has 5 heteroatoms. The molecule has 0 bridgehead atoms. The highest BCUT2D eigenvalue weighted by Crippen LogP contribution is 2.29. The molecule has 0 aromatic heterocycles. The standard InChI is InChI=1S/C15H12ClFO2S/c1-9-5-6-10(7-11(9)15(18)19)20-8-12-13(16)3-2-4-14(12)17/h2-7H,8H2,1H3,(H,18,19). The van der Waals surface area contributed by atoms with Crippen molar-refractivity contribution in [3.63, 3.8) is 0 Å². The van der Waals surface area contributed by atoms with Gasteiger partial charge in [0.1, 0.15) is 5.82 Å². The van der Waals surface area contributed by atoms with Gasteiger partial charge in [0.15, 0.2) is 0 Å². The molecule has 0 heterocycles. The summed E-state index contributed by atoms with van der Waals surface area (Å²) in [5, 5.41) is 9.45. The van der Waals surface area contributed by atoms with Crippen LogP contribution in [0.1, 0.15) is 21.5 Å². The largest absolute Gasteiger partial charge is 0.478 e. The third kappa shape index (κ3) is 3.32. The van der Waals surface area contributed by atoms with E-state index < -0.39 is 5.97 Å². The number of carboxylic acid groups (broad SMARTS) is 1. The normalized spacial score (nSPS) is 10.6. The van der Waals surface area contributed by atoms with Crippen LogP contribution in [-0.2, 0) is 5.75 Å². The van der Waals surface area contributed by atoms with Gasteiger partial charge in [0.25, 0.3) is 0 Å². The van der Waals surface area contributed by atoms with Gasteiger partial charge in [0, 0.05) is 21.2 Å². The lowest BCUT2D eigenvalue weighted by Crippen LogP contribution is -1.99. The highest BCUT2D eigenvalue weighted by atomic mass is 35.5. The molecule has 0 aliphatic carbocycles. The maximum absolute atomic E-state index is 13.6. The van der Waals surface area contributed by atoms with Crippen LogP contribution in [0.4, 0.5) is 4.39 Å². The van der Waals surface area contributed by atoms with E-state index in [1.54, 1.807) is 31.2 Å². The number of carboxylic acids is 1. The number of thioether (sulfide) groups is 1. The summed E-state index contributed by atoms with van der Waals surface area (Å²) in [4.78, 5) is 11.8. The van der Waals surface area contributed by atoms with Crippen LogP contribution in [0.15, 0.2) is 41.3 Å². The Morgan fingerprint density at radius 2 is 2.10 bits per heavy atom.